The second-order valence-electron chi connectivity index (χ2n) is 9.34. The molecule has 1 unspecified atom stereocenters. The zero-order chi connectivity index (χ0) is 24.6. The highest BCUT2D eigenvalue weighted by Gasteiger charge is 2.52. The summed E-state index contributed by atoms with van der Waals surface area (Å²) in [6.45, 7) is 4.63. The largest absolute Gasteiger partial charge is 0.378 e. The lowest BCUT2D eigenvalue weighted by atomic mass is 9.98. The Bertz CT molecular complexity index is 1170. The molecule has 0 saturated carbocycles. The summed E-state index contributed by atoms with van der Waals surface area (Å²) >= 11 is 0. The van der Waals surface area contributed by atoms with E-state index in [4.69, 9.17) is 4.74 Å². The third-order valence-electron chi connectivity index (χ3n) is 7.11. The Morgan fingerprint density at radius 2 is 1.89 bits per heavy atom. The zero-order valence-electron chi connectivity index (χ0n) is 19.8. The van der Waals surface area contributed by atoms with Crippen LogP contribution in [0.4, 0.5) is 21.5 Å². The van der Waals surface area contributed by atoms with Crippen molar-refractivity contribution in [1.82, 2.24) is 4.90 Å². The van der Waals surface area contributed by atoms with Gasteiger partial charge in [0, 0.05) is 38.2 Å². The number of ether oxygens (including phenoxy) is 1. The third-order valence-corrected chi connectivity index (χ3v) is 7.11. The van der Waals surface area contributed by atoms with Crippen LogP contribution >= 0.6 is 0 Å². The van der Waals surface area contributed by atoms with Crippen molar-refractivity contribution in [3.05, 3.63) is 53.8 Å². The molecule has 1 N–H and O–H groups in total. The molecule has 8 nitrogen and oxygen atoms in total. The van der Waals surface area contributed by atoms with Gasteiger partial charge >= 0.3 is 0 Å². The summed E-state index contributed by atoms with van der Waals surface area (Å²) in [5.41, 5.74) is 1.31. The van der Waals surface area contributed by atoms with Gasteiger partial charge in [0.15, 0.2) is 0 Å². The zero-order valence-corrected chi connectivity index (χ0v) is 19.8. The van der Waals surface area contributed by atoms with Crippen LogP contribution in [0, 0.1) is 5.82 Å². The molecule has 0 radical (unpaired) electrons. The van der Waals surface area contributed by atoms with E-state index < -0.39 is 5.66 Å². The number of nitrogens with zero attached hydrogens (tertiary/aromatic N) is 3. The smallest absolute Gasteiger partial charge is 0.257 e. The van der Waals surface area contributed by atoms with E-state index in [-0.39, 0.29) is 30.0 Å². The summed E-state index contributed by atoms with van der Waals surface area (Å²) < 4.78 is 19.9. The van der Waals surface area contributed by atoms with Crippen molar-refractivity contribution in [2.75, 3.05) is 48.0 Å². The highest BCUT2D eigenvalue weighted by molar-refractivity contribution is 6.10. The van der Waals surface area contributed by atoms with E-state index in [2.05, 4.69) is 5.32 Å². The van der Waals surface area contributed by atoms with Crippen LogP contribution in [0.25, 0.3) is 0 Å². The highest BCUT2D eigenvalue weighted by atomic mass is 19.1. The van der Waals surface area contributed by atoms with Gasteiger partial charge in [-0.15, -0.1) is 0 Å². The first-order chi connectivity index (χ1) is 16.9. The maximum absolute atomic E-state index is 14.6. The van der Waals surface area contributed by atoms with E-state index >= 15 is 0 Å². The molecule has 2 aromatic carbocycles. The Hall–Kier alpha value is -3.46. The molecule has 5 rings (SSSR count). The van der Waals surface area contributed by atoms with Gasteiger partial charge in [-0.1, -0.05) is 12.1 Å². The molecule has 2 fully saturated rings. The quantitative estimate of drug-likeness (QED) is 0.686. The fourth-order valence-corrected chi connectivity index (χ4v) is 5.31. The first-order valence-electron chi connectivity index (χ1n) is 12.0. The molecule has 3 aliphatic heterocycles. The van der Waals surface area contributed by atoms with Gasteiger partial charge in [0.2, 0.25) is 11.8 Å². The summed E-state index contributed by atoms with van der Waals surface area (Å²) in [6.07, 6.45) is 1.52. The Morgan fingerprint density at radius 3 is 2.66 bits per heavy atom. The Morgan fingerprint density at radius 1 is 1.11 bits per heavy atom. The van der Waals surface area contributed by atoms with Crippen LogP contribution in [0.5, 0.6) is 0 Å². The normalized spacial score (nSPS) is 21.7. The molecular weight excluding hydrogens is 451 g/mol. The molecule has 3 heterocycles. The van der Waals surface area contributed by atoms with Crippen LogP contribution < -0.4 is 15.1 Å². The second kappa shape index (κ2) is 9.30. The molecule has 35 heavy (non-hydrogen) atoms. The molecule has 3 amide bonds. The Balaban J connectivity index is 1.21. The molecule has 9 heteroatoms. The van der Waals surface area contributed by atoms with Crippen LogP contribution in [0.2, 0.25) is 0 Å². The lowest BCUT2D eigenvalue weighted by Crippen LogP contribution is -2.62. The summed E-state index contributed by atoms with van der Waals surface area (Å²) in [5.74, 6) is -0.771. The molecule has 2 aromatic rings. The van der Waals surface area contributed by atoms with E-state index in [0.717, 1.165) is 0 Å². The molecular formula is C26H29FN4O4. The predicted octanol–water partition coefficient (Wildman–Crippen LogP) is 3.38. The van der Waals surface area contributed by atoms with Crippen molar-refractivity contribution in [2.24, 2.45) is 0 Å². The van der Waals surface area contributed by atoms with Crippen molar-refractivity contribution in [2.45, 2.75) is 38.3 Å². The second-order valence-corrected chi connectivity index (χ2v) is 9.34. The number of carbonyl (C=O) groups excluding carboxylic acids is 3. The lowest BCUT2D eigenvalue weighted by Gasteiger charge is -2.48. The van der Waals surface area contributed by atoms with Crippen LogP contribution in [0.15, 0.2) is 42.5 Å². The standard InChI is InChI=1S/C26H29FN4O4/c1-26-11-10-24(33)31(26)21-6-3-2-5-19(21)25(34)30(26)12-4-7-23(32)28-18-8-9-22(20(27)17-18)29-13-15-35-16-14-29/h2-3,5-6,8-9,17H,4,7,10-16H2,1H3,(H,28,32). The fourth-order valence-electron chi connectivity index (χ4n) is 5.31. The summed E-state index contributed by atoms with van der Waals surface area (Å²) in [5, 5.41) is 2.75. The molecule has 0 aromatic heterocycles. The van der Waals surface area contributed by atoms with Gasteiger partial charge in [0.1, 0.15) is 11.5 Å². The number of rotatable bonds is 6. The van der Waals surface area contributed by atoms with Gasteiger partial charge in [0.25, 0.3) is 5.91 Å². The van der Waals surface area contributed by atoms with Gasteiger partial charge in [-0.25, -0.2) is 4.39 Å². The molecule has 184 valence electrons. The summed E-state index contributed by atoms with van der Waals surface area (Å²) in [6, 6.07) is 11.9. The van der Waals surface area contributed by atoms with Gasteiger partial charge in [0.05, 0.1) is 30.2 Å². The molecule has 2 saturated heterocycles. The van der Waals surface area contributed by atoms with Gasteiger partial charge in [-0.3, -0.25) is 19.3 Å². The first-order valence-corrected chi connectivity index (χ1v) is 12.0. The Kier molecular flexibility index (Phi) is 6.19. The SMILES string of the molecule is CC12CCC(=O)N1c1ccccc1C(=O)N2CCCC(=O)Nc1ccc(N2CCOCC2)c(F)c1. The van der Waals surface area contributed by atoms with Crippen molar-refractivity contribution < 1.29 is 23.5 Å². The Labute approximate surface area is 203 Å². The van der Waals surface area contributed by atoms with Crippen molar-refractivity contribution in [3.8, 4) is 0 Å². The van der Waals surface area contributed by atoms with Crippen molar-refractivity contribution >= 4 is 34.8 Å². The molecule has 0 spiro atoms. The first kappa shape index (κ1) is 23.3. The van der Waals surface area contributed by atoms with E-state index in [1.165, 1.54) is 6.07 Å². The van der Waals surface area contributed by atoms with Crippen LogP contribution in [0.3, 0.4) is 0 Å². The molecule has 1 atom stereocenters. The molecule has 0 bridgehead atoms. The van der Waals surface area contributed by atoms with Crippen molar-refractivity contribution in [1.29, 1.82) is 0 Å². The number of morpholine rings is 1. The minimum absolute atomic E-state index is 0.00209. The predicted molar refractivity (Wildman–Crippen MR) is 130 cm³/mol. The van der Waals surface area contributed by atoms with E-state index in [9.17, 15) is 18.8 Å². The number of carbonyl (C=O) groups is 3. The fraction of sp³-hybridized carbons (Fsp3) is 0.423. The molecule has 3 aliphatic rings. The average molecular weight is 481 g/mol. The number of halogens is 1. The van der Waals surface area contributed by atoms with Crippen molar-refractivity contribution in [3.63, 3.8) is 0 Å². The minimum Gasteiger partial charge on any atom is -0.378 e. The van der Waals surface area contributed by atoms with Gasteiger partial charge in [-0.05, 0) is 50.1 Å². The van der Waals surface area contributed by atoms with Crippen LogP contribution in [0.1, 0.15) is 43.0 Å². The monoisotopic (exact) mass is 480 g/mol. The average Bonchev–Trinajstić information content (AvgIpc) is 3.17. The number of fused-ring (bicyclic) bond motifs is 3. The lowest BCUT2D eigenvalue weighted by molar-refractivity contribution is -0.118. The number of anilines is 3. The molecule has 0 aliphatic carbocycles. The summed E-state index contributed by atoms with van der Waals surface area (Å²) in [7, 11) is 0. The minimum atomic E-state index is -0.739. The number of nitrogens with one attached hydrogen (secondary N) is 1. The van der Waals surface area contributed by atoms with Gasteiger partial charge < -0.3 is 19.9 Å². The number of hydrogen-bond donors (Lipinski definition) is 1. The number of para-hydroxylation sites is 1. The maximum Gasteiger partial charge on any atom is 0.257 e. The van der Waals surface area contributed by atoms with Crippen LogP contribution in [-0.2, 0) is 14.3 Å². The van der Waals surface area contributed by atoms with Gasteiger partial charge in [-0.2, -0.15) is 0 Å². The topological polar surface area (TPSA) is 82.2 Å². The van der Waals surface area contributed by atoms with E-state index in [1.54, 1.807) is 34.1 Å². The third kappa shape index (κ3) is 4.25. The number of amides is 3. The van der Waals surface area contributed by atoms with E-state index in [1.807, 2.05) is 24.0 Å². The number of hydrogen-bond acceptors (Lipinski definition) is 5. The van der Waals surface area contributed by atoms with E-state index in [0.29, 0.717) is 74.7 Å². The highest BCUT2D eigenvalue weighted by Crippen LogP contribution is 2.44. The van der Waals surface area contributed by atoms with Crippen LogP contribution in [-0.4, -0.2) is 61.1 Å². The summed E-state index contributed by atoms with van der Waals surface area (Å²) in [4.78, 5) is 43.8. The number of benzene rings is 2. The maximum atomic E-state index is 14.6.